The van der Waals surface area contributed by atoms with Gasteiger partial charge >= 0.3 is 0 Å². The summed E-state index contributed by atoms with van der Waals surface area (Å²) in [7, 11) is 2.15. The predicted molar refractivity (Wildman–Crippen MR) is 72.7 cm³/mol. The summed E-state index contributed by atoms with van der Waals surface area (Å²) in [4.78, 5) is 6.77. The minimum Gasteiger partial charge on any atom is -0.302 e. The molecule has 3 heteroatoms. The molecular weight excluding hydrogens is 220 g/mol. The fourth-order valence-electron chi connectivity index (χ4n) is 1.69. The Morgan fingerprint density at radius 2 is 2.44 bits per heavy atom. The van der Waals surface area contributed by atoms with E-state index in [0.29, 0.717) is 5.38 Å². The second-order valence-electron chi connectivity index (χ2n) is 4.47. The highest BCUT2D eigenvalue weighted by atomic mass is 35.5. The van der Waals surface area contributed by atoms with E-state index in [1.165, 1.54) is 5.57 Å². The van der Waals surface area contributed by atoms with Crippen LogP contribution in [-0.4, -0.2) is 43.2 Å². The average Bonchev–Trinajstić information content (AvgIpc) is 2.31. The van der Waals surface area contributed by atoms with Crippen LogP contribution in [0.2, 0.25) is 0 Å². The van der Waals surface area contributed by atoms with Gasteiger partial charge in [-0.1, -0.05) is 13.0 Å². The number of hydrogen-bond donors (Lipinski definition) is 0. The molecule has 0 saturated heterocycles. The normalized spacial score (nSPS) is 20.1. The van der Waals surface area contributed by atoms with Crippen LogP contribution >= 0.6 is 11.6 Å². The zero-order chi connectivity index (χ0) is 11.8. The summed E-state index contributed by atoms with van der Waals surface area (Å²) in [5.74, 6) is 0. The predicted octanol–water partition coefficient (Wildman–Crippen LogP) is 3.12. The van der Waals surface area contributed by atoms with Crippen LogP contribution in [0.25, 0.3) is 0 Å². The van der Waals surface area contributed by atoms with Gasteiger partial charge in [0, 0.05) is 31.2 Å². The Morgan fingerprint density at radius 3 is 3.06 bits per heavy atom. The second-order valence-corrected chi connectivity index (χ2v) is 5.09. The monoisotopic (exact) mass is 242 g/mol. The van der Waals surface area contributed by atoms with Gasteiger partial charge in [0.1, 0.15) is 0 Å². The number of likely N-dealkylation sites (N-methyl/N-ethyl adjacent to an activating group) is 1. The molecule has 92 valence electrons. The molecule has 0 aromatic carbocycles. The summed E-state index contributed by atoms with van der Waals surface area (Å²) >= 11 is 6.04. The first-order valence-corrected chi connectivity index (χ1v) is 6.67. The minimum absolute atomic E-state index is 0.331. The van der Waals surface area contributed by atoms with Crippen molar-refractivity contribution in [2.24, 2.45) is 4.99 Å². The van der Waals surface area contributed by atoms with Gasteiger partial charge in [-0.15, -0.1) is 11.6 Å². The number of hydrogen-bond acceptors (Lipinski definition) is 2. The highest BCUT2D eigenvalue weighted by Gasteiger charge is 2.05. The zero-order valence-corrected chi connectivity index (χ0v) is 11.2. The molecule has 0 aliphatic carbocycles. The van der Waals surface area contributed by atoms with Crippen molar-refractivity contribution in [3.63, 3.8) is 0 Å². The molecule has 0 aromatic rings. The van der Waals surface area contributed by atoms with E-state index in [1.54, 1.807) is 0 Å². The summed E-state index contributed by atoms with van der Waals surface area (Å²) in [5.41, 5.74) is 1.39. The largest absolute Gasteiger partial charge is 0.302 e. The quantitative estimate of drug-likeness (QED) is 0.397. The Hall–Kier alpha value is -0.340. The SMILES string of the molecule is CCC(Cl)CCCN=CC1=CCN(C)CC1. The Kier molecular flexibility index (Phi) is 6.74. The van der Waals surface area contributed by atoms with Crippen molar-refractivity contribution >= 4 is 17.8 Å². The van der Waals surface area contributed by atoms with Crippen LogP contribution in [0.5, 0.6) is 0 Å². The number of rotatable bonds is 6. The first kappa shape index (κ1) is 13.7. The van der Waals surface area contributed by atoms with Gasteiger partial charge < -0.3 is 4.90 Å². The highest BCUT2D eigenvalue weighted by molar-refractivity contribution is 6.20. The van der Waals surface area contributed by atoms with Crippen LogP contribution in [0.1, 0.15) is 32.6 Å². The van der Waals surface area contributed by atoms with Crippen LogP contribution in [0.15, 0.2) is 16.6 Å². The van der Waals surface area contributed by atoms with E-state index in [9.17, 15) is 0 Å². The van der Waals surface area contributed by atoms with Crippen molar-refractivity contribution in [1.29, 1.82) is 0 Å². The standard InChI is InChI=1S/C13H23ClN2/c1-3-13(14)5-4-8-15-11-12-6-9-16(2)10-7-12/h6,11,13H,3-5,7-10H2,1-2H3. The van der Waals surface area contributed by atoms with E-state index < -0.39 is 0 Å². The lowest BCUT2D eigenvalue weighted by atomic mass is 10.1. The molecule has 1 aliphatic rings. The van der Waals surface area contributed by atoms with Gasteiger partial charge in [-0.05, 0) is 38.3 Å². The van der Waals surface area contributed by atoms with Crippen LogP contribution in [0.4, 0.5) is 0 Å². The molecule has 1 atom stereocenters. The van der Waals surface area contributed by atoms with Gasteiger partial charge in [0.15, 0.2) is 0 Å². The maximum Gasteiger partial charge on any atom is 0.0389 e. The van der Waals surface area contributed by atoms with Gasteiger partial charge in [0.2, 0.25) is 0 Å². The number of nitrogens with zero attached hydrogens (tertiary/aromatic N) is 2. The van der Waals surface area contributed by atoms with E-state index in [4.69, 9.17) is 11.6 Å². The lowest BCUT2D eigenvalue weighted by Gasteiger charge is -2.19. The summed E-state index contributed by atoms with van der Waals surface area (Å²) in [6.07, 6.45) is 8.68. The Labute approximate surface area is 104 Å². The number of alkyl halides is 1. The molecule has 1 rings (SSSR count). The van der Waals surface area contributed by atoms with Crippen molar-refractivity contribution in [2.45, 2.75) is 38.0 Å². The van der Waals surface area contributed by atoms with Gasteiger partial charge in [0.05, 0.1) is 0 Å². The fourth-order valence-corrected chi connectivity index (χ4v) is 1.85. The van der Waals surface area contributed by atoms with Crippen LogP contribution < -0.4 is 0 Å². The molecule has 0 radical (unpaired) electrons. The minimum atomic E-state index is 0.331. The van der Waals surface area contributed by atoms with E-state index in [-0.39, 0.29) is 0 Å². The maximum atomic E-state index is 6.04. The molecule has 0 amide bonds. The molecule has 0 bridgehead atoms. The summed E-state index contributed by atoms with van der Waals surface area (Å²) in [6, 6.07) is 0. The highest BCUT2D eigenvalue weighted by Crippen LogP contribution is 2.09. The van der Waals surface area contributed by atoms with Crippen molar-refractivity contribution < 1.29 is 0 Å². The van der Waals surface area contributed by atoms with Crippen molar-refractivity contribution in [2.75, 3.05) is 26.7 Å². The van der Waals surface area contributed by atoms with Gasteiger partial charge in [-0.3, -0.25) is 4.99 Å². The molecule has 1 aliphatic heterocycles. The lowest BCUT2D eigenvalue weighted by Crippen LogP contribution is -2.24. The first-order chi connectivity index (χ1) is 7.72. The summed E-state index contributed by atoms with van der Waals surface area (Å²) in [5, 5.41) is 0.331. The number of halogens is 1. The third-order valence-corrected chi connectivity index (χ3v) is 3.48. The van der Waals surface area contributed by atoms with Gasteiger partial charge in [0.25, 0.3) is 0 Å². The molecule has 0 spiro atoms. The molecule has 0 aromatic heterocycles. The van der Waals surface area contributed by atoms with Gasteiger partial charge in [-0.2, -0.15) is 0 Å². The maximum absolute atomic E-state index is 6.04. The van der Waals surface area contributed by atoms with E-state index in [2.05, 4.69) is 29.9 Å². The average molecular weight is 243 g/mol. The van der Waals surface area contributed by atoms with Crippen molar-refractivity contribution in [3.05, 3.63) is 11.6 Å². The molecule has 0 N–H and O–H groups in total. The van der Waals surface area contributed by atoms with E-state index >= 15 is 0 Å². The molecule has 1 heterocycles. The molecule has 0 saturated carbocycles. The zero-order valence-electron chi connectivity index (χ0n) is 10.5. The Bertz CT molecular complexity index is 248. The fraction of sp³-hybridized carbons (Fsp3) is 0.769. The van der Waals surface area contributed by atoms with Crippen LogP contribution in [0.3, 0.4) is 0 Å². The van der Waals surface area contributed by atoms with Gasteiger partial charge in [-0.25, -0.2) is 0 Å². The summed E-state index contributed by atoms with van der Waals surface area (Å²) in [6.45, 7) is 5.25. The molecule has 2 nitrogen and oxygen atoms in total. The van der Waals surface area contributed by atoms with Crippen LogP contribution in [-0.2, 0) is 0 Å². The third kappa shape index (κ3) is 5.66. The third-order valence-electron chi connectivity index (χ3n) is 2.95. The van der Waals surface area contributed by atoms with Crippen molar-refractivity contribution in [3.8, 4) is 0 Å². The van der Waals surface area contributed by atoms with Crippen molar-refractivity contribution in [1.82, 2.24) is 4.90 Å². The Balaban J connectivity index is 2.13. The number of aliphatic imine (C=N–C) groups is 1. The molecular formula is C13H23ClN2. The topological polar surface area (TPSA) is 15.6 Å². The first-order valence-electron chi connectivity index (χ1n) is 6.24. The molecule has 1 unspecified atom stereocenters. The second kappa shape index (κ2) is 7.86. The van der Waals surface area contributed by atoms with Crippen LogP contribution in [0, 0.1) is 0 Å². The van der Waals surface area contributed by atoms with E-state index in [0.717, 1.165) is 45.3 Å². The van der Waals surface area contributed by atoms with E-state index in [1.807, 2.05) is 6.21 Å². The molecule has 16 heavy (non-hydrogen) atoms. The summed E-state index contributed by atoms with van der Waals surface area (Å²) < 4.78 is 0. The lowest BCUT2D eigenvalue weighted by molar-refractivity contribution is 0.363. The Morgan fingerprint density at radius 1 is 1.62 bits per heavy atom. The smallest absolute Gasteiger partial charge is 0.0389 e. The molecule has 0 fully saturated rings.